The van der Waals surface area contributed by atoms with E-state index in [1.165, 1.54) is 4.88 Å². The van der Waals surface area contributed by atoms with Crippen molar-refractivity contribution in [2.45, 2.75) is 26.2 Å². The van der Waals surface area contributed by atoms with Crippen LogP contribution in [-0.4, -0.2) is 4.98 Å². The Labute approximate surface area is 70.5 Å². The second-order valence-corrected chi connectivity index (χ2v) is 3.79. The monoisotopic (exact) mass is 166 g/mol. The van der Waals surface area contributed by atoms with Gasteiger partial charge in [-0.2, -0.15) is 5.26 Å². The molecule has 0 saturated heterocycles. The van der Waals surface area contributed by atoms with E-state index in [0.29, 0.717) is 12.3 Å². The maximum Gasteiger partial charge on any atom is 0.107 e. The number of nitrogens with zero attached hydrogens (tertiary/aromatic N) is 2. The number of nitriles is 1. The van der Waals surface area contributed by atoms with E-state index in [9.17, 15) is 0 Å². The summed E-state index contributed by atoms with van der Waals surface area (Å²) in [5.74, 6) is 0.528. The third-order valence-electron chi connectivity index (χ3n) is 1.37. The van der Waals surface area contributed by atoms with Crippen LogP contribution in [0.3, 0.4) is 0 Å². The molecule has 0 unspecified atom stereocenters. The van der Waals surface area contributed by atoms with E-state index in [2.05, 4.69) is 24.9 Å². The fourth-order valence-electron chi connectivity index (χ4n) is 0.741. The van der Waals surface area contributed by atoms with Crippen LogP contribution in [0.5, 0.6) is 0 Å². The molecule has 0 radical (unpaired) electrons. The van der Waals surface area contributed by atoms with Crippen LogP contribution in [0, 0.1) is 11.3 Å². The van der Waals surface area contributed by atoms with Crippen molar-refractivity contribution >= 4 is 11.3 Å². The second-order valence-electron chi connectivity index (χ2n) is 2.65. The molecule has 1 rings (SSSR count). The van der Waals surface area contributed by atoms with E-state index in [1.54, 1.807) is 11.3 Å². The molecule has 0 aromatic carbocycles. The van der Waals surface area contributed by atoms with Gasteiger partial charge in [-0.05, 0) is 5.92 Å². The van der Waals surface area contributed by atoms with Crippen LogP contribution in [0.25, 0.3) is 0 Å². The Bertz CT molecular complexity index is 270. The molecule has 0 aliphatic heterocycles. The highest BCUT2D eigenvalue weighted by atomic mass is 32.1. The van der Waals surface area contributed by atoms with Crippen molar-refractivity contribution in [1.29, 1.82) is 5.26 Å². The fraction of sp³-hybridized carbons (Fsp3) is 0.500. The molecule has 1 aromatic rings. The third kappa shape index (κ3) is 2.02. The van der Waals surface area contributed by atoms with Crippen molar-refractivity contribution in [3.63, 3.8) is 0 Å². The Morgan fingerprint density at radius 3 is 2.91 bits per heavy atom. The zero-order chi connectivity index (χ0) is 8.27. The van der Waals surface area contributed by atoms with Crippen LogP contribution in [0.4, 0.5) is 0 Å². The Morgan fingerprint density at radius 1 is 1.73 bits per heavy atom. The summed E-state index contributed by atoms with van der Waals surface area (Å²) in [6.45, 7) is 4.26. The molecule has 0 aliphatic rings. The minimum Gasteiger partial charge on any atom is -0.248 e. The molecular formula is C8H10N2S. The zero-order valence-electron chi connectivity index (χ0n) is 6.66. The molecule has 0 N–H and O–H groups in total. The van der Waals surface area contributed by atoms with Gasteiger partial charge in [0.05, 0.1) is 12.5 Å². The molecule has 0 amide bonds. The van der Waals surface area contributed by atoms with Crippen LogP contribution >= 0.6 is 11.3 Å². The van der Waals surface area contributed by atoms with E-state index in [4.69, 9.17) is 5.26 Å². The standard InChI is InChI=1S/C8H10N2S/c1-6(2)7-5-10-8(11-7)3-4-9/h5-6H,3H2,1-2H3. The lowest BCUT2D eigenvalue weighted by Crippen LogP contribution is -1.77. The fourth-order valence-corrected chi connectivity index (χ4v) is 1.60. The van der Waals surface area contributed by atoms with Crippen LogP contribution in [-0.2, 0) is 6.42 Å². The first kappa shape index (κ1) is 8.22. The van der Waals surface area contributed by atoms with Crippen molar-refractivity contribution in [2.24, 2.45) is 0 Å². The number of rotatable bonds is 2. The number of aromatic nitrogens is 1. The van der Waals surface area contributed by atoms with Gasteiger partial charge in [0.1, 0.15) is 5.01 Å². The summed E-state index contributed by atoms with van der Waals surface area (Å²) in [6, 6.07) is 2.08. The first-order valence-corrected chi connectivity index (χ1v) is 4.37. The average molecular weight is 166 g/mol. The summed E-state index contributed by atoms with van der Waals surface area (Å²) in [4.78, 5) is 5.38. The van der Waals surface area contributed by atoms with E-state index < -0.39 is 0 Å². The predicted molar refractivity (Wildman–Crippen MR) is 45.5 cm³/mol. The van der Waals surface area contributed by atoms with Gasteiger partial charge in [-0.25, -0.2) is 4.98 Å². The highest BCUT2D eigenvalue weighted by molar-refractivity contribution is 7.11. The summed E-state index contributed by atoms with van der Waals surface area (Å²) >= 11 is 1.63. The van der Waals surface area contributed by atoms with E-state index in [1.807, 2.05) is 6.20 Å². The lowest BCUT2D eigenvalue weighted by Gasteiger charge is -1.95. The van der Waals surface area contributed by atoms with Gasteiger partial charge in [0, 0.05) is 11.1 Å². The number of thiazole rings is 1. The Morgan fingerprint density at radius 2 is 2.45 bits per heavy atom. The normalized spacial score (nSPS) is 10.0. The Hall–Kier alpha value is -0.880. The largest absolute Gasteiger partial charge is 0.248 e. The lowest BCUT2D eigenvalue weighted by atomic mass is 10.2. The Kier molecular flexibility index (Phi) is 2.61. The maximum absolute atomic E-state index is 8.38. The summed E-state index contributed by atoms with van der Waals surface area (Å²) in [6.07, 6.45) is 2.30. The molecule has 0 atom stereocenters. The summed E-state index contributed by atoms with van der Waals surface area (Å²) in [7, 11) is 0. The maximum atomic E-state index is 8.38. The summed E-state index contributed by atoms with van der Waals surface area (Å²) < 4.78 is 0. The molecule has 1 heterocycles. The minimum atomic E-state index is 0.442. The highest BCUT2D eigenvalue weighted by Gasteiger charge is 2.03. The molecule has 2 nitrogen and oxygen atoms in total. The molecule has 0 saturated carbocycles. The summed E-state index contributed by atoms with van der Waals surface area (Å²) in [5, 5.41) is 9.31. The van der Waals surface area contributed by atoms with Gasteiger partial charge in [0.15, 0.2) is 0 Å². The van der Waals surface area contributed by atoms with Crippen molar-refractivity contribution in [3.8, 4) is 6.07 Å². The van der Waals surface area contributed by atoms with Gasteiger partial charge in [0.25, 0.3) is 0 Å². The van der Waals surface area contributed by atoms with Crippen LogP contribution in [0.15, 0.2) is 6.20 Å². The van der Waals surface area contributed by atoms with Crippen molar-refractivity contribution in [2.75, 3.05) is 0 Å². The van der Waals surface area contributed by atoms with Crippen molar-refractivity contribution < 1.29 is 0 Å². The molecule has 0 fully saturated rings. The van der Waals surface area contributed by atoms with Gasteiger partial charge in [-0.15, -0.1) is 11.3 Å². The minimum absolute atomic E-state index is 0.442. The number of hydrogen-bond acceptors (Lipinski definition) is 3. The summed E-state index contributed by atoms with van der Waals surface area (Å²) in [5.41, 5.74) is 0. The van der Waals surface area contributed by atoms with Gasteiger partial charge in [-0.1, -0.05) is 13.8 Å². The Balaban J connectivity index is 2.75. The van der Waals surface area contributed by atoms with Gasteiger partial charge in [0.2, 0.25) is 0 Å². The molecule has 0 spiro atoms. The van der Waals surface area contributed by atoms with Gasteiger partial charge < -0.3 is 0 Å². The van der Waals surface area contributed by atoms with Gasteiger partial charge in [-0.3, -0.25) is 0 Å². The van der Waals surface area contributed by atoms with Crippen LogP contribution in [0.2, 0.25) is 0 Å². The molecule has 3 heteroatoms. The van der Waals surface area contributed by atoms with E-state index in [0.717, 1.165) is 5.01 Å². The number of hydrogen-bond donors (Lipinski definition) is 0. The van der Waals surface area contributed by atoms with Crippen molar-refractivity contribution in [1.82, 2.24) is 4.98 Å². The van der Waals surface area contributed by atoms with Crippen LogP contribution in [0.1, 0.15) is 29.7 Å². The third-order valence-corrected chi connectivity index (χ3v) is 2.67. The lowest BCUT2D eigenvalue weighted by molar-refractivity contribution is 0.885. The first-order chi connectivity index (χ1) is 5.24. The smallest absolute Gasteiger partial charge is 0.107 e. The molecule has 11 heavy (non-hydrogen) atoms. The SMILES string of the molecule is CC(C)c1cnc(CC#N)s1. The van der Waals surface area contributed by atoms with Gasteiger partial charge >= 0.3 is 0 Å². The van der Waals surface area contributed by atoms with Crippen molar-refractivity contribution in [3.05, 3.63) is 16.1 Å². The second kappa shape index (κ2) is 3.49. The molecular weight excluding hydrogens is 156 g/mol. The molecule has 0 aliphatic carbocycles. The predicted octanol–water partition coefficient (Wildman–Crippen LogP) is 2.33. The quantitative estimate of drug-likeness (QED) is 0.676. The van der Waals surface area contributed by atoms with E-state index in [-0.39, 0.29) is 0 Å². The molecule has 1 aromatic heterocycles. The van der Waals surface area contributed by atoms with E-state index >= 15 is 0 Å². The van der Waals surface area contributed by atoms with Crippen LogP contribution < -0.4 is 0 Å². The average Bonchev–Trinajstić information content (AvgIpc) is 2.37. The zero-order valence-corrected chi connectivity index (χ0v) is 7.48. The first-order valence-electron chi connectivity index (χ1n) is 3.55. The topological polar surface area (TPSA) is 36.7 Å². The molecule has 0 bridgehead atoms. The highest BCUT2D eigenvalue weighted by Crippen LogP contribution is 2.21. The molecule has 58 valence electrons.